The van der Waals surface area contributed by atoms with Crippen LogP contribution in [0.15, 0.2) is 0 Å². The Morgan fingerprint density at radius 1 is 1.38 bits per heavy atom. The fourth-order valence-corrected chi connectivity index (χ4v) is 2.03. The van der Waals surface area contributed by atoms with E-state index in [0.717, 1.165) is 39.0 Å². The molecule has 0 aromatic carbocycles. The first-order chi connectivity index (χ1) is 7.65. The van der Waals surface area contributed by atoms with E-state index in [1.165, 1.54) is 0 Å². The summed E-state index contributed by atoms with van der Waals surface area (Å²) in [5.41, 5.74) is 0. The fraction of sp³-hybridized carbons (Fsp3) is 0.909. The molecule has 2 N–H and O–H groups in total. The zero-order chi connectivity index (χ0) is 11.5. The van der Waals surface area contributed by atoms with Crippen molar-refractivity contribution >= 4 is 5.97 Å². The lowest BCUT2D eigenvalue weighted by atomic mass is 10.2. The summed E-state index contributed by atoms with van der Waals surface area (Å²) >= 11 is 0. The molecule has 0 radical (unpaired) electrons. The molecule has 2 aliphatic rings. The zero-order valence-corrected chi connectivity index (χ0v) is 9.85. The second-order valence-corrected chi connectivity index (χ2v) is 4.94. The van der Waals surface area contributed by atoms with Crippen molar-refractivity contribution in [2.75, 3.05) is 39.8 Å². The van der Waals surface area contributed by atoms with Crippen molar-refractivity contribution in [1.29, 1.82) is 0 Å². The van der Waals surface area contributed by atoms with Crippen LogP contribution in [0.3, 0.4) is 0 Å². The lowest BCUT2D eigenvalue weighted by Gasteiger charge is -2.33. The van der Waals surface area contributed by atoms with Gasteiger partial charge in [0.05, 0.1) is 0 Å². The molecule has 5 nitrogen and oxygen atoms in total. The molecule has 0 bridgehead atoms. The second-order valence-electron chi connectivity index (χ2n) is 4.94. The van der Waals surface area contributed by atoms with Crippen LogP contribution in [0, 0.1) is 0 Å². The zero-order valence-electron chi connectivity index (χ0n) is 9.85. The van der Waals surface area contributed by atoms with Gasteiger partial charge in [-0.25, -0.2) is 0 Å². The average Bonchev–Trinajstić information content (AvgIpc) is 3.04. The maximum atomic E-state index is 11.1. The number of aliphatic carboxylic acids is 1. The largest absolute Gasteiger partial charge is 0.480 e. The molecule has 2 fully saturated rings. The van der Waals surface area contributed by atoms with E-state index >= 15 is 0 Å². The van der Waals surface area contributed by atoms with Crippen molar-refractivity contribution in [3.8, 4) is 0 Å². The first-order valence-corrected chi connectivity index (χ1v) is 6.05. The number of carbonyl (C=O) groups is 1. The van der Waals surface area contributed by atoms with Gasteiger partial charge in [-0.2, -0.15) is 0 Å². The van der Waals surface area contributed by atoms with E-state index < -0.39 is 12.0 Å². The molecule has 2 rings (SSSR count). The number of hydrogen-bond acceptors (Lipinski definition) is 4. The van der Waals surface area contributed by atoms with E-state index in [9.17, 15) is 4.79 Å². The standard InChI is InChI=1S/C11H21N3O2/c1-13-4-6-14(7-5-13)8-10(11(15)16)12-9-2-3-9/h9-10,12H,2-8H2,1H3,(H,15,16). The molecule has 1 heterocycles. The van der Waals surface area contributed by atoms with Gasteiger partial charge in [-0.05, 0) is 19.9 Å². The minimum atomic E-state index is -0.717. The van der Waals surface area contributed by atoms with Crippen LogP contribution in [0.4, 0.5) is 0 Å². The van der Waals surface area contributed by atoms with Gasteiger partial charge in [0, 0.05) is 38.8 Å². The Morgan fingerprint density at radius 3 is 2.50 bits per heavy atom. The highest BCUT2D eigenvalue weighted by Crippen LogP contribution is 2.19. The van der Waals surface area contributed by atoms with Crippen LogP contribution in [0.2, 0.25) is 0 Å². The molecule has 0 amide bonds. The van der Waals surface area contributed by atoms with Crippen molar-refractivity contribution in [3.63, 3.8) is 0 Å². The number of hydrogen-bond donors (Lipinski definition) is 2. The maximum absolute atomic E-state index is 11.1. The molecule has 1 atom stereocenters. The quantitative estimate of drug-likeness (QED) is 0.659. The van der Waals surface area contributed by atoms with Gasteiger partial charge in [0.15, 0.2) is 0 Å². The highest BCUT2D eigenvalue weighted by Gasteiger charge is 2.30. The first kappa shape index (κ1) is 11.8. The summed E-state index contributed by atoms with van der Waals surface area (Å²) in [6, 6.07) is 0.0597. The average molecular weight is 227 g/mol. The van der Waals surface area contributed by atoms with Crippen LogP contribution in [-0.4, -0.2) is 72.7 Å². The molecule has 0 aromatic heterocycles. The Balaban J connectivity index is 1.77. The predicted molar refractivity (Wildman–Crippen MR) is 61.5 cm³/mol. The molecular formula is C11H21N3O2. The van der Waals surface area contributed by atoms with Crippen LogP contribution in [0.25, 0.3) is 0 Å². The maximum Gasteiger partial charge on any atom is 0.322 e. The second kappa shape index (κ2) is 5.12. The van der Waals surface area contributed by atoms with Crippen LogP contribution in [-0.2, 0) is 4.79 Å². The molecule has 1 aliphatic carbocycles. The van der Waals surface area contributed by atoms with E-state index in [1.54, 1.807) is 0 Å². The number of likely N-dealkylation sites (N-methyl/N-ethyl adjacent to an activating group) is 1. The lowest BCUT2D eigenvalue weighted by Crippen LogP contribution is -2.52. The van der Waals surface area contributed by atoms with Crippen molar-refractivity contribution in [3.05, 3.63) is 0 Å². The smallest absolute Gasteiger partial charge is 0.322 e. The minimum Gasteiger partial charge on any atom is -0.480 e. The SMILES string of the molecule is CN1CCN(CC(NC2CC2)C(=O)O)CC1. The molecular weight excluding hydrogens is 206 g/mol. The Hall–Kier alpha value is -0.650. The molecule has 0 spiro atoms. The van der Waals surface area contributed by atoms with E-state index in [1.807, 2.05) is 0 Å². The molecule has 0 aromatic rings. The topological polar surface area (TPSA) is 55.8 Å². The van der Waals surface area contributed by atoms with Crippen LogP contribution < -0.4 is 5.32 Å². The number of carboxylic acids is 1. The highest BCUT2D eigenvalue weighted by atomic mass is 16.4. The Morgan fingerprint density at radius 2 is 2.00 bits per heavy atom. The Labute approximate surface area is 96.4 Å². The van der Waals surface area contributed by atoms with Gasteiger partial charge in [0.1, 0.15) is 6.04 Å². The monoisotopic (exact) mass is 227 g/mol. The van der Waals surface area contributed by atoms with E-state index in [2.05, 4.69) is 22.2 Å². The minimum absolute atomic E-state index is 0.393. The molecule has 1 saturated carbocycles. The summed E-state index contributed by atoms with van der Waals surface area (Å²) in [7, 11) is 2.11. The molecule has 92 valence electrons. The molecule has 16 heavy (non-hydrogen) atoms. The predicted octanol–water partition coefficient (Wildman–Crippen LogP) is -0.561. The summed E-state index contributed by atoms with van der Waals surface area (Å²) in [6.45, 7) is 4.67. The van der Waals surface area contributed by atoms with Crippen molar-refractivity contribution in [2.24, 2.45) is 0 Å². The van der Waals surface area contributed by atoms with Gasteiger partial charge < -0.3 is 15.3 Å². The van der Waals surface area contributed by atoms with Crippen molar-refractivity contribution < 1.29 is 9.90 Å². The fourth-order valence-electron chi connectivity index (χ4n) is 2.03. The third-order valence-corrected chi connectivity index (χ3v) is 3.35. The number of nitrogens with zero attached hydrogens (tertiary/aromatic N) is 2. The summed E-state index contributed by atoms with van der Waals surface area (Å²) in [6.07, 6.45) is 2.26. The number of carboxylic acid groups (broad SMARTS) is 1. The van der Waals surface area contributed by atoms with Crippen LogP contribution in [0.5, 0.6) is 0 Å². The van der Waals surface area contributed by atoms with Gasteiger partial charge in [0.25, 0.3) is 0 Å². The van der Waals surface area contributed by atoms with Gasteiger partial charge in [0.2, 0.25) is 0 Å². The van der Waals surface area contributed by atoms with Gasteiger partial charge in [-0.15, -0.1) is 0 Å². The van der Waals surface area contributed by atoms with Crippen LogP contribution in [0.1, 0.15) is 12.8 Å². The third-order valence-electron chi connectivity index (χ3n) is 3.35. The van der Waals surface area contributed by atoms with E-state index in [0.29, 0.717) is 12.6 Å². The molecule has 5 heteroatoms. The van der Waals surface area contributed by atoms with E-state index in [4.69, 9.17) is 5.11 Å². The lowest BCUT2D eigenvalue weighted by molar-refractivity contribution is -0.140. The number of rotatable bonds is 5. The summed E-state index contributed by atoms with van der Waals surface area (Å²) in [5.74, 6) is -0.717. The molecule has 1 aliphatic heterocycles. The number of piperazine rings is 1. The summed E-state index contributed by atoms with van der Waals surface area (Å²) in [4.78, 5) is 15.6. The van der Waals surface area contributed by atoms with E-state index in [-0.39, 0.29) is 0 Å². The van der Waals surface area contributed by atoms with Gasteiger partial charge in [-0.1, -0.05) is 0 Å². The normalized spacial score (nSPS) is 25.6. The van der Waals surface area contributed by atoms with Crippen molar-refractivity contribution in [2.45, 2.75) is 24.9 Å². The van der Waals surface area contributed by atoms with Gasteiger partial charge in [-0.3, -0.25) is 9.69 Å². The highest BCUT2D eigenvalue weighted by molar-refractivity contribution is 5.73. The summed E-state index contributed by atoms with van der Waals surface area (Å²) < 4.78 is 0. The Kier molecular flexibility index (Phi) is 3.78. The van der Waals surface area contributed by atoms with Crippen molar-refractivity contribution in [1.82, 2.24) is 15.1 Å². The third kappa shape index (κ3) is 3.43. The Bertz CT molecular complexity index is 248. The first-order valence-electron chi connectivity index (χ1n) is 6.05. The number of nitrogens with one attached hydrogen (secondary N) is 1. The molecule has 1 unspecified atom stereocenters. The van der Waals surface area contributed by atoms with Crippen LogP contribution >= 0.6 is 0 Å². The van der Waals surface area contributed by atoms with Gasteiger partial charge >= 0.3 is 5.97 Å². The molecule has 1 saturated heterocycles. The summed E-state index contributed by atoms with van der Waals surface area (Å²) in [5, 5.41) is 12.3.